The number of amides is 2. The Balaban J connectivity index is 1.37. The number of carbonyl (C=O) groups is 3. The summed E-state index contributed by atoms with van der Waals surface area (Å²) >= 11 is 1.58. The van der Waals surface area contributed by atoms with E-state index in [4.69, 9.17) is 4.74 Å². The summed E-state index contributed by atoms with van der Waals surface area (Å²) in [7, 11) is 3.55. The SMILES string of the molecule is C[C@@H](O)[C@H]1C(=O)N2C(OC(=O)O)=C(S[C@@H]3CN[C@H](CC4CN[C@H](C(=O)N(C)C)C4)C3)[C@H](C)[C@H]12. The van der Waals surface area contributed by atoms with Gasteiger partial charge in [0.05, 0.1) is 29.0 Å². The molecule has 4 N–H and O–H groups in total. The van der Waals surface area contributed by atoms with E-state index in [1.54, 1.807) is 37.7 Å². The molecular weight excluding hydrogens is 448 g/mol. The highest BCUT2D eigenvalue weighted by Gasteiger charge is 2.60. The van der Waals surface area contributed by atoms with Crippen LogP contribution in [0.15, 0.2) is 10.8 Å². The number of carbonyl (C=O) groups excluding carboxylic acids is 2. The third kappa shape index (κ3) is 4.60. The number of hydrogen-bond donors (Lipinski definition) is 4. The highest BCUT2D eigenvalue weighted by Crippen LogP contribution is 2.52. The number of hydrogen-bond acceptors (Lipinski definition) is 8. The summed E-state index contributed by atoms with van der Waals surface area (Å²) in [6.45, 7) is 5.17. The van der Waals surface area contributed by atoms with Crippen LogP contribution in [-0.2, 0) is 14.3 Å². The molecule has 4 aliphatic rings. The first-order valence-corrected chi connectivity index (χ1v) is 12.5. The number of aliphatic hydroxyl groups excluding tert-OH is 1. The molecular formula is C22H34N4O6S. The average Bonchev–Trinajstić information content (AvgIpc) is 3.41. The highest BCUT2D eigenvalue weighted by atomic mass is 32.2. The smallest absolute Gasteiger partial charge is 0.449 e. The van der Waals surface area contributed by atoms with Crippen LogP contribution in [0.2, 0.25) is 0 Å². The van der Waals surface area contributed by atoms with E-state index >= 15 is 0 Å². The van der Waals surface area contributed by atoms with Gasteiger partial charge < -0.3 is 30.5 Å². The third-order valence-corrected chi connectivity index (χ3v) is 8.79. The van der Waals surface area contributed by atoms with Crippen molar-refractivity contribution in [2.75, 3.05) is 27.2 Å². The molecule has 184 valence electrons. The lowest BCUT2D eigenvalue weighted by molar-refractivity contribution is -0.163. The summed E-state index contributed by atoms with van der Waals surface area (Å²) in [5, 5.41) is 26.4. The number of ether oxygens (including phenoxy) is 1. The van der Waals surface area contributed by atoms with Crippen molar-refractivity contribution in [3.05, 3.63) is 10.8 Å². The second-order valence-electron chi connectivity index (χ2n) is 9.90. The largest absolute Gasteiger partial charge is 0.512 e. The number of aliphatic hydroxyl groups is 1. The minimum absolute atomic E-state index is 0.0995. The van der Waals surface area contributed by atoms with Gasteiger partial charge in [-0.3, -0.25) is 14.5 Å². The molecule has 0 aromatic heterocycles. The maximum absolute atomic E-state index is 12.6. The quantitative estimate of drug-likeness (QED) is 0.305. The van der Waals surface area contributed by atoms with Crippen molar-refractivity contribution < 1.29 is 29.3 Å². The molecule has 0 radical (unpaired) electrons. The van der Waals surface area contributed by atoms with E-state index < -0.39 is 18.2 Å². The van der Waals surface area contributed by atoms with Crippen LogP contribution in [0.5, 0.6) is 0 Å². The first-order valence-electron chi connectivity index (χ1n) is 11.6. The summed E-state index contributed by atoms with van der Waals surface area (Å²) in [6.07, 6.45) is 0.499. The number of nitrogens with one attached hydrogen (secondary N) is 2. The maximum atomic E-state index is 12.6. The number of thioether (sulfide) groups is 1. The van der Waals surface area contributed by atoms with Gasteiger partial charge in [0.1, 0.15) is 0 Å². The van der Waals surface area contributed by atoms with Gasteiger partial charge in [-0.25, -0.2) is 4.79 Å². The average molecular weight is 483 g/mol. The van der Waals surface area contributed by atoms with Crippen molar-refractivity contribution in [2.45, 2.75) is 62.6 Å². The Morgan fingerprint density at radius 1 is 1.27 bits per heavy atom. The zero-order valence-corrected chi connectivity index (χ0v) is 20.3. The molecule has 8 atom stereocenters. The van der Waals surface area contributed by atoms with Crippen molar-refractivity contribution in [3.63, 3.8) is 0 Å². The second kappa shape index (κ2) is 9.44. The highest BCUT2D eigenvalue weighted by molar-refractivity contribution is 8.03. The van der Waals surface area contributed by atoms with Gasteiger partial charge >= 0.3 is 6.16 Å². The fourth-order valence-corrected chi connectivity index (χ4v) is 7.19. The minimum Gasteiger partial charge on any atom is -0.449 e. The summed E-state index contributed by atoms with van der Waals surface area (Å²) in [5.41, 5.74) is 0. The lowest BCUT2D eigenvalue weighted by Gasteiger charge is -2.45. The van der Waals surface area contributed by atoms with Gasteiger partial charge in [0.25, 0.3) is 0 Å². The number of rotatable bonds is 7. The number of likely N-dealkylation sites (N-methyl/N-ethyl adjacent to an activating group) is 1. The summed E-state index contributed by atoms with van der Waals surface area (Å²) < 4.78 is 5.06. The fraction of sp³-hybridized carbons (Fsp3) is 0.773. The predicted octanol–water partition coefficient (Wildman–Crippen LogP) is 0.628. The van der Waals surface area contributed by atoms with Crippen LogP contribution in [-0.4, -0.2) is 94.6 Å². The molecule has 4 aliphatic heterocycles. The monoisotopic (exact) mass is 482 g/mol. The zero-order valence-electron chi connectivity index (χ0n) is 19.5. The van der Waals surface area contributed by atoms with Gasteiger partial charge in [-0.05, 0) is 38.6 Å². The lowest BCUT2D eigenvalue weighted by Crippen LogP contribution is -2.63. The molecule has 4 rings (SSSR count). The predicted molar refractivity (Wildman–Crippen MR) is 122 cm³/mol. The number of fused-ring (bicyclic) bond motifs is 1. The topological polar surface area (TPSA) is 131 Å². The Morgan fingerprint density at radius 2 is 2.00 bits per heavy atom. The molecule has 0 saturated carbocycles. The van der Waals surface area contributed by atoms with E-state index in [-0.39, 0.29) is 40.9 Å². The maximum Gasteiger partial charge on any atom is 0.512 e. The number of nitrogens with zero attached hydrogens (tertiary/aromatic N) is 2. The van der Waals surface area contributed by atoms with Gasteiger partial charge in [-0.1, -0.05) is 6.92 Å². The van der Waals surface area contributed by atoms with Crippen LogP contribution in [0, 0.1) is 17.8 Å². The first-order chi connectivity index (χ1) is 15.6. The minimum atomic E-state index is -1.44. The molecule has 3 saturated heterocycles. The van der Waals surface area contributed by atoms with Gasteiger partial charge in [0.15, 0.2) is 0 Å². The third-order valence-electron chi connectivity index (χ3n) is 7.30. The number of carboxylic acid groups (broad SMARTS) is 1. The van der Waals surface area contributed by atoms with E-state index in [1.165, 1.54) is 4.90 Å². The Labute approximate surface area is 198 Å². The van der Waals surface area contributed by atoms with Crippen LogP contribution >= 0.6 is 11.8 Å². The molecule has 2 amide bonds. The van der Waals surface area contributed by atoms with Crippen LogP contribution in [0.1, 0.15) is 33.1 Å². The molecule has 11 heteroatoms. The van der Waals surface area contributed by atoms with E-state index in [9.17, 15) is 24.6 Å². The molecule has 0 aromatic carbocycles. The molecule has 0 spiro atoms. The zero-order chi connectivity index (χ0) is 24.0. The van der Waals surface area contributed by atoms with E-state index in [0.29, 0.717) is 12.0 Å². The van der Waals surface area contributed by atoms with Gasteiger partial charge in [-0.15, -0.1) is 11.8 Å². The molecule has 1 unspecified atom stereocenters. The second-order valence-corrected chi connectivity index (χ2v) is 11.2. The Kier molecular flexibility index (Phi) is 6.95. The molecule has 33 heavy (non-hydrogen) atoms. The molecule has 10 nitrogen and oxygen atoms in total. The van der Waals surface area contributed by atoms with Crippen LogP contribution in [0.25, 0.3) is 0 Å². The van der Waals surface area contributed by atoms with Crippen LogP contribution < -0.4 is 10.6 Å². The van der Waals surface area contributed by atoms with Gasteiger partial charge in [0.2, 0.25) is 17.7 Å². The Hall–Kier alpha value is -1.82. The first kappa shape index (κ1) is 24.3. The van der Waals surface area contributed by atoms with Crippen LogP contribution in [0.4, 0.5) is 4.79 Å². The van der Waals surface area contributed by atoms with Crippen molar-refractivity contribution >= 4 is 29.7 Å². The summed E-state index contributed by atoms with van der Waals surface area (Å²) in [6, 6.07) is -0.0523. The Bertz CT molecular complexity index is 849. The molecule has 0 bridgehead atoms. The Morgan fingerprint density at radius 3 is 2.64 bits per heavy atom. The normalized spacial score (nSPS) is 36.6. The summed E-state index contributed by atoms with van der Waals surface area (Å²) in [4.78, 5) is 39.9. The van der Waals surface area contributed by atoms with E-state index in [2.05, 4.69) is 10.6 Å². The summed E-state index contributed by atoms with van der Waals surface area (Å²) in [5.74, 6) is -0.257. The van der Waals surface area contributed by atoms with Crippen molar-refractivity contribution in [3.8, 4) is 0 Å². The van der Waals surface area contributed by atoms with Crippen LogP contribution in [0.3, 0.4) is 0 Å². The van der Waals surface area contributed by atoms with Crippen molar-refractivity contribution in [1.29, 1.82) is 0 Å². The standard InChI is InChI=1S/C22H34N4O6S/c1-10-17-16(11(2)27)20(29)26(17)21(32-22(30)31)18(10)33-14-7-13(23-9-14)5-12-6-15(24-8-12)19(28)25(3)4/h10-17,23-24,27H,5-9H2,1-4H3,(H,30,31)/t10-,11-,12?,13-,14+,15+,16-,17-/m1/s1. The lowest BCUT2D eigenvalue weighted by atomic mass is 9.79. The molecule has 4 heterocycles. The fourth-order valence-electron chi connectivity index (χ4n) is 5.72. The molecule has 0 aromatic rings. The number of β-lactam (4-membered cyclic amide) rings is 1. The van der Waals surface area contributed by atoms with Crippen molar-refractivity contribution in [1.82, 2.24) is 20.4 Å². The molecule has 0 aliphatic carbocycles. The van der Waals surface area contributed by atoms with E-state index in [1.807, 2.05) is 6.92 Å². The van der Waals surface area contributed by atoms with Gasteiger partial charge in [-0.2, -0.15) is 0 Å². The van der Waals surface area contributed by atoms with Gasteiger partial charge in [0, 0.05) is 37.8 Å². The van der Waals surface area contributed by atoms with Crippen molar-refractivity contribution in [2.24, 2.45) is 17.8 Å². The van der Waals surface area contributed by atoms with E-state index in [0.717, 1.165) is 37.3 Å². The molecule has 3 fully saturated rings.